The second-order valence-corrected chi connectivity index (χ2v) is 2.92. The summed E-state index contributed by atoms with van der Waals surface area (Å²) in [6, 6.07) is -1.15. The van der Waals surface area contributed by atoms with Crippen LogP contribution in [0, 0.1) is 0 Å². The highest BCUT2D eigenvalue weighted by Crippen LogP contribution is 2.41. The Morgan fingerprint density at radius 2 is 1.92 bits per heavy atom. The average Bonchev–Trinajstić information content (AvgIpc) is 2.12. The smallest absolute Gasteiger partial charge is 0.379 e. The molecule has 0 aromatic rings. The van der Waals surface area contributed by atoms with Crippen molar-refractivity contribution in [2.75, 3.05) is 0 Å². The molecule has 1 aliphatic carbocycles. The van der Waals surface area contributed by atoms with E-state index in [-0.39, 0.29) is 25.2 Å². The second kappa shape index (κ2) is 3.40. The monoisotopic (exact) mass is 205 g/mol. The van der Waals surface area contributed by atoms with E-state index in [0.29, 0.717) is 6.42 Å². The maximum absolute atomic E-state index is 12.1. The van der Waals surface area contributed by atoms with Crippen molar-refractivity contribution in [3.8, 4) is 0 Å². The summed E-state index contributed by atoms with van der Waals surface area (Å²) < 4.78 is 36.2. The first kappa shape index (κ1) is 12.0. The Labute approximate surface area is 74.3 Å². The molecule has 0 aromatic heterocycles. The lowest BCUT2D eigenvalue weighted by Gasteiger charge is -2.29. The van der Waals surface area contributed by atoms with Crippen molar-refractivity contribution in [1.82, 2.24) is 0 Å². The Hall–Kier alpha value is -0.0000000000000000555. The number of aliphatic hydroxyl groups is 1. The van der Waals surface area contributed by atoms with Crippen molar-refractivity contribution in [2.24, 2.45) is 5.73 Å². The zero-order valence-electron chi connectivity index (χ0n) is 6.27. The molecule has 0 radical (unpaired) electrons. The summed E-state index contributed by atoms with van der Waals surface area (Å²) >= 11 is 0. The van der Waals surface area contributed by atoms with Gasteiger partial charge in [-0.05, 0) is 19.3 Å². The second-order valence-electron chi connectivity index (χ2n) is 2.92. The molecular weight excluding hydrogens is 195 g/mol. The molecule has 1 rings (SSSR count). The number of halogens is 4. The number of hydrogen-bond acceptors (Lipinski definition) is 2. The van der Waals surface area contributed by atoms with E-state index in [0.717, 1.165) is 0 Å². The van der Waals surface area contributed by atoms with Crippen LogP contribution in [-0.4, -0.2) is 22.9 Å². The van der Waals surface area contributed by atoms with E-state index in [1.807, 2.05) is 0 Å². The lowest BCUT2D eigenvalue weighted by atomic mass is 9.98. The van der Waals surface area contributed by atoms with Gasteiger partial charge in [-0.1, -0.05) is 0 Å². The van der Waals surface area contributed by atoms with Crippen LogP contribution in [-0.2, 0) is 0 Å². The third-order valence-corrected chi connectivity index (χ3v) is 2.18. The van der Waals surface area contributed by atoms with E-state index in [1.54, 1.807) is 0 Å². The molecule has 74 valence electrons. The zero-order chi connectivity index (χ0) is 8.70. The lowest BCUT2D eigenvalue weighted by molar-refractivity contribution is -0.261. The first-order chi connectivity index (χ1) is 4.88. The standard InChI is InChI=1S/C6H10F3NO.ClH/c7-6(8,9)5(11)3-1-2-4(5)10;/h4,11H,1-3,10H2;1H/t4-,5+;/m1./s1. The van der Waals surface area contributed by atoms with E-state index in [9.17, 15) is 13.2 Å². The van der Waals surface area contributed by atoms with Gasteiger partial charge in [-0.15, -0.1) is 12.4 Å². The fourth-order valence-corrected chi connectivity index (χ4v) is 1.37. The Kier molecular flexibility index (Phi) is 3.40. The summed E-state index contributed by atoms with van der Waals surface area (Å²) in [4.78, 5) is 0. The van der Waals surface area contributed by atoms with Gasteiger partial charge >= 0.3 is 6.18 Å². The van der Waals surface area contributed by atoms with Crippen molar-refractivity contribution < 1.29 is 18.3 Å². The molecule has 12 heavy (non-hydrogen) atoms. The third-order valence-electron chi connectivity index (χ3n) is 2.18. The van der Waals surface area contributed by atoms with Crippen LogP contribution in [0.5, 0.6) is 0 Å². The zero-order valence-corrected chi connectivity index (χ0v) is 7.08. The molecule has 1 fully saturated rings. The lowest BCUT2D eigenvalue weighted by Crippen LogP contribution is -2.54. The van der Waals surface area contributed by atoms with Crippen molar-refractivity contribution in [3.63, 3.8) is 0 Å². The van der Waals surface area contributed by atoms with Gasteiger partial charge in [0.2, 0.25) is 0 Å². The van der Waals surface area contributed by atoms with Gasteiger partial charge in [0.25, 0.3) is 0 Å². The van der Waals surface area contributed by atoms with E-state index in [1.165, 1.54) is 0 Å². The summed E-state index contributed by atoms with van der Waals surface area (Å²) in [7, 11) is 0. The molecule has 0 saturated heterocycles. The molecule has 1 saturated carbocycles. The van der Waals surface area contributed by atoms with Gasteiger partial charge in [-0.3, -0.25) is 0 Å². The maximum Gasteiger partial charge on any atom is 0.418 e. The molecule has 3 N–H and O–H groups in total. The molecule has 0 amide bonds. The summed E-state index contributed by atoms with van der Waals surface area (Å²) in [6.45, 7) is 0. The summed E-state index contributed by atoms with van der Waals surface area (Å²) in [6.07, 6.45) is -4.26. The van der Waals surface area contributed by atoms with E-state index in [2.05, 4.69) is 0 Å². The minimum absolute atomic E-state index is 0. The van der Waals surface area contributed by atoms with E-state index < -0.39 is 17.8 Å². The highest BCUT2D eigenvalue weighted by atomic mass is 35.5. The number of nitrogens with two attached hydrogens (primary N) is 1. The fourth-order valence-electron chi connectivity index (χ4n) is 1.37. The van der Waals surface area contributed by atoms with Crippen LogP contribution >= 0.6 is 12.4 Å². The molecule has 2 nitrogen and oxygen atoms in total. The minimum Gasteiger partial charge on any atom is -0.379 e. The van der Waals surface area contributed by atoms with Crippen LogP contribution in [0.4, 0.5) is 13.2 Å². The van der Waals surface area contributed by atoms with Crippen LogP contribution in [0.1, 0.15) is 19.3 Å². The van der Waals surface area contributed by atoms with Crippen molar-refractivity contribution in [3.05, 3.63) is 0 Å². The van der Waals surface area contributed by atoms with Crippen molar-refractivity contribution in [1.29, 1.82) is 0 Å². The molecule has 0 aromatic carbocycles. The molecule has 6 heteroatoms. The summed E-state index contributed by atoms with van der Waals surface area (Å²) in [5.74, 6) is 0. The van der Waals surface area contributed by atoms with Crippen LogP contribution < -0.4 is 5.73 Å². The Balaban J connectivity index is 0.00000121. The van der Waals surface area contributed by atoms with Gasteiger partial charge in [0.1, 0.15) is 0 Å². The predicted octanol–water partition coefficient (Wildman–Crippen LogP) is 1.21. The predicted molar refractivity (Wildman–Crippen MR) is 40.1 cm³/mol. The molecule has 0 aliphatic heterocycles. The largest absolute Gasteiger partial charge is 0.418 e. The average molecular weight is 206 g/mol. The highest BCUT2D eigenvalue weighted by Gasteiger charge is 2.59. The number of rotatable bonds is 0. The Morgan fingerprint density at radius 3 is 2.08 bits per heavy atom. The molecular formula is C6H11ClF3NO. The maximum atomic E-state index is 12.1. The highest BCUT2D eigenvalue weighted by molar-refractivity contribution is 5.85. The molecule has 0 heterocycles. The molecule has 1 aliphatic rings. The van der Waals surface area contributed by atoms with Crippen molar-refractivity contribution in [2.45, 2.75) is 37.1 Å². The minimum atomic E-state index is -4.58. The first-order valence-corrected chi connectivity index (χ1v) is 3.42. The van der Waals surface area contributed by atoms with Crippen LogP contribution in [0.15, 0.2) is 0 Å². The van der Waals surface area contributed by atoms with Gasteiger partial charge in [0, 0.05) is 6.04 Å². The number of alkyl halides is 3. The Morgan fingerprint density at radius 1 is 1.42 bits per heavy atom. The molecule has 0 spiro atoms. The van der Waals surface area contributed by atoms with Gasteiger partial charge in [0.15, 0.2) is 5.60 Å². The Bertz CT molecular complexity index is 163. The van der Waals surface area contributed by atoms with Gasteiger partial charge in [0.05, 0.1) is 0 Å². The SMILES string of the molecule is Cl.N[C@@H]1CCC[C@@]1(O)C(F)(F)F. The summed E-state index contributed by atoms with van der Waals surface area (Å²) in [5.41, 5.74) is 2.50. The van der Waals surface area contributed by atoms with Crippen LogP contribution in [0.25, 0.3) is 0 Å². The van der Waals surface area contributed by atoms with Crippen LogP contribution in [0.2, 0.25) is 0 Å². The molecule has 0 unspecified atom stereocenters. The quantitative estimate of drug-likeness (QED) is 0.625. The van der Waals surface area contributed by atoms with Gasteiger partial charge in [-0.2, -0.15) is 13.2 Å². The molecule has 0 bridgehead atoms. The normalized spacial score (nSPS) is 36.2. The topological polar surface area (TPSA) is 46.2 Å². The van der Waals surface area contributed by atoms with Gasteiger partial charge < -0.3 is 10.8 Å². The van der Waals surface area contributed by atoms with Crippen LogP contribution in [0.3, 0.4) is 0 Å². The van der Waals surface area contributed by atoms with Gasteiger partial charge in [-0.25, -0.2) is 0 Å². The van der Waals surface area contributed by atoms with Crippen molar-refractivity contribution >= 4 is 12.4 Å². The van der Waals surface area contributed by atoms with E-state index >= 15 is 0 Å². The summed E-state index contributed by atoms with van der Waals surface area (Å²) in [5, 5.41) is 9.05. The third kappa shape index (κ3) is 1.67. The fraction of sp³-hybridized carbons (Fsp3) is 1.00. The first-order valence-electron chi connectivity index (χ1n) is 3.42. The van der Waals surface area contributed by atoms with E-state index in [4.69, 9.17) is 10.8 Å². The molecule has 2 atom stereocenters. The number of hydrogen-bond donors (Lipinski definition) is 2.